The Morgan fingerprint density at radius 3 is 2.38 bits per heavy atom. The van der Waals surface area contributed by atoms with Crippen LogP contribution in [0, 0.1) is 0 Å². The summed E-state index contributed by atoms with van der Waals surface area (Å²) in [5.41, 5.74) is 0.693. The first kappa shape index (κ1) is 12.7. The van der Waals surface area contributed by atoms with Crippen molar-refractivity contribution in [1.82, 2.24) is 4.90 Å². The Labute approximate surface area is 95.8 Å². The zero-order valence-electron chi connectivity index (χ0n) is 9.90. The van der Waals surface area contributed by atoms with Crippen molar-refractivity contribution in [3.8, 4) is 5.75 Å². The highest BCUT2D eigenvalue weighted by Gasteiger charge is 2.06. The number of carbonyl (C=O) groups is 1. The van der Waals surface area contributed by atoms with E-state index in [0.717, 1.165) is 0 Å². The molecule has 0 aliphatic heterocycles. The number of ether oxygens (including phenoxy) is 2. The van der Waals surface area contributed by atoms with Gasteiger partial charge in [-0.2, -0.15) is 0 Å². The second-order valence-electron chi connectivity index (χ2n) is 3.74. The lowest BCUT2D eigenvalue weighted by Gasteiger charge is -2.09. The highest BCUT2D eigenvalue weighted by molar-refractivity contribution is 5.97. The number of ketones is 1. The quantitative estimate of drug-likeness (QED) is 0.540. The molecule has 0 bridgehead atoms. The Morgan fingerprint density at radius 2 is 1.88 bits per heavy atom. The Balaban J connectivity index is 2.60. The summed E-state index contributed by atoms with van der Waals surface area (Å²) in [5, 5.41) is 0. The first-order valence-corrected chi connectivity index (χ1v) is 5.03. The molecule has 1 aromatic rings. The third-order valence-corrected chi connectivity index (χ3v) is 1.98. The van der Waals surface area contributed by atoms with E-state index in [0.29, 0.717) is 17.9 Å². The molecular weight excluding hydrogens is 206 g/mol. The van der Waals surface area contributed by atoms with Crippen LogP contribution in [-0.2, 0) is 4.74 Å². The summed E-state index contributed by atoms with van der Waals surface area (Å²) in [5.74, 6) is 0.798. The average molecular weight is 223 g/mol. The van der Waals surface area contributed by atoms with Crippen LogP contribution < -0.4 is 4.74 Å². The summed E-state index contributed by atoms with van der Waals surface area (Å²) in [6.07, 6.45) is 0. The van der Waals surface area contributed by atoms with Gasteiger partial charge >= 0.3 is 0 Å². The summed E-state index contributed by atoms with van der Waals surface area (Å²) in [7, 11) is 5.30. The molecule has 1 rings (SSSR count). The zero-order chi connectivity index (χ0) is 12.0. The molecule has 0 heterocycles. The SMILES string of the molecule is COCOc1ccc(C(=O)CN(C)C)cc1. The van der Waals surface area contributed by atoms with E-state index in [9.17, 15) is 4.79 Å². The number of Topliss-reactive ketones (excluding diaryl/α,β-unsaturated/α-hetero) is 1. The Morgan fingerprint density at radius 1 is 1.25 bits per heavy atom. The molecule has 0 fully saturated rings. The number of carbonyl (C=O) groups excluding carboxylic acids is 1. The average Bonchev–Trinajstić information content (AvgIpc) is 2.26. The van der Waals surface area contributed by atoms with Gasteiger partial charge in [-0.3, -0.25) is 4.79 Å². The molecule has 1 aromatic carbocycles. The number of likely N-dealkylation sites (N-methyl/N-ethyl adjacent to an activating group) is 1. The number of hydrogen-bond acceptors (Lipinski definition) is 4. The van der Waals surface area contributed by atoms with Crippen LogP contribution in [-0.4, -0.2) is 45.2 Å². The molecule has 88 valence electrons. The minimum absolute atomic E-state index is 0.100. The molecule has 0 unspecified atom stereocenters. The lowest BCUT2D eigenvalue weighted by molar-refractivity contribution is 0.0511. The molecule has 0 saturated heterocycles. The van der Waals surface area contributed by atoms with Gasteiger partial charge in [-0.05, 0) is 38.4 Å². The number of methoxy groups -OCH3 is 1. The zero-order valence-corrected chi connectivity index (χ0v) is 9.90. The van der Waals surface area contributed by atoms with Gasteiger partial charge in [-0.25, -0.2) is 0 Å². The largest absolute Gasteiger partial charge is 0.468 e. The summed E-state index contributed by atoms with van der Waals surface area (Å²) in [6.45, 7) is 0.628. The van der Waals surface area contributed by atoms with Gasteiger partial charge < -0.3 is 14.4 Å². The van der Waals surface area contributed by atoms with E-state index in [-0.39, 0.29) is 12.6 Å². The Hall–Kier alpha value is -1.39. The summed E-state index contributed by atoms with van der Waals surface area (Å²) < 4.78 is 10.0. The predicted molar refractivity (Wildman–Crippen MR) is 61.8 cm³/mol. The third-order valence-electron chi connectivity index (χ3n) is 1.98. The first-order chi connectivity index (χ1) is 7.63. The van der Waals surface area contributed by atoms with Gasteiger partial charge in [0.1, 0.15) is 5.75 Å². The van der Waals surface area contributed by atoms with Crippen LogP contribution in [0.15, 0.2) is 24.3 Å². The van der Waals surface area contributed by atoms with Gasteiger partial charge in [0.15, 0.2) is 12.6 Å². The van der Waals surface area contributed by atoms with E-state index in [2.05, 4.69) is 0 Å². The lowest BCUT2D eigenvalue weighted by atomic mass is 10.1. The fourth-order valence-electron chi connectivity index (χ4n) is 1.24. The maximum absolute atomic E-state index is 11.7. The third kappa shape index (κ3) is 4.00. The Bertz CT molecular complexity index is 333. The van der Waals surface area contributed by atoms with Crippen molar-refractivity contribution in [3.05, 3.63) is 29.8 Å². The summed E-state index contributed by atoms with van der Waals surface area (Å²) >= 11 is 0. The van der Waals surface area contributed by atoms with Gasteiger partial charge in [0.25, 0.3) is 0 Å². The van der Waals surface area contributed by atoms with E-state index in [1.54, 1.807) is 31.4 Å². The molecule has 0 N–H and O–H groups in total. The summed E-state index contributed by atoms with van der Waals surface area (Å²) in [4.78, 5) is 13.5. The topological polar surface area (TPSA) is 38.8 Å². The van der Waals surface area contributed by atoms with E-state index >= 15 is 0 Å². The van der Waals surface area contributed by atoms with Crippen molar-refractivity contribution in [2.24, 2.45) is 0 Å². The molecule has 4 nitrogen and oxygen atoms in total. The minimum atomic E-state index is 0.100. The molecule has 16 heavy (non-hydrogen) atoms. The van der Waals surface area contributed by atoms with E-state index in [1.165, 1.54) is 0 Å². The van der Waals surface area contributed by atoms with Crippen molar-refractivity contribution in [1.29, 1.82) is 0 Å². The number of benzene rings is 1. The molecule has 0 atom stereocenters. The standard InChI is InChI=1S/C12H17NO3/c1-13(2)8-12(14)10-4-6-11(7-5-10)16-9-15-3/h4-7H,8-9H2,1-3H3. The van der Waals surface area contributed by atoms with Crippen LogP contribution in [0.1, 0.15) is 10.4 Å². The van der Waals surface area contributed by atoms with Gasteiger partial charge in [0.2, 0.25) is 0 Å². The van der Waals surface area contributed by atoms with E-state index in [1.807, 2.05) is 19.0 Å². The van der Waals surface area contributed by atoms with Crippen LogP contribution in [0.2, 0.25) is 0 Å². The normalized spacial score (nSPS) is 10.5. The van der Waals surface area contributed by atoms with Crippen molar-refractivity contribution >= 4 is 5.78 Å². The number of nitrogens with zero attached hydrogens (tertiary/aromatic N) is 1. The van der Waals surface area contributed by atoms with E-state index in [4.69, 9.17) is 9.47 Å². The molecule has 0 saturated carbocycles. The molecule has 0 spiro atoms. The van der Waals surface area contributed by atoms with Gasteiger partial charge in [0, 0.05) is 12.7 Å². The Kier molecular flexibility index (Phi) is 4.95. The number of rotatable bonds is 6. The molecule has 0 amide bonds. The van der Waals surface area contributed by atoms with Crippen molar-refractivity contribution in [3.63, 3.8) is 0 Å². The molecular formula is C12H17NO3. The van der Waals surface area contributed by atoms with Crippen molar-refractivity contribution in [2.45, 2.75) is 0 Å². The lowest BCUT2D eigenvalue weighted by Crippen LogP contribution is -2.21. The second kappa shape index (κ2) is 6.25. The van der Waals surface area contributed by atoms with Gasteiger partial charge in [-0.15, -0.1) is 0 Å². The molecule has 0 radical (unpaired) electrons. The fourth-order valence-corrected chi connectivity index (χ4v) is 1.24. The first-order valence-electron chi connectivity index (χ1n) is 5.03. The second-order valence-corrected chi connectivity index (χ2v) is 3.74. The highest BCUT2D eigenvalue weighted by Crippen LogP contribution is 2.12. The maximum atomic E-state index is 11.7. The molecule has 0 aliphatic carbocycles. The van der Waals surface area contributed by atoms with Crippen LogP contribution in [0.25, 0.3) is 0 Å². The van der Waals surface area contributed by atoms with Gasteiger partial charge in [-0.1, -0.05) is 0 Å². The smallest absolute Gasteiger partial charge is 0.188 e. The van der Waals surface area contributed by atoms with Crippen LogP contribution in [0.3, 0.4) is 0 Å². The van der Waals surface area contributed by atoms with Gasteiger partial charge in [0.05, 0.1) is 6.54 Å². The number of hydrogen-bond donors (Lipinski definition) is 0. The van der Waals surface area contributed by atoms with Crippen molar-refractivity contribution < 1.29 is 14.3 Å². The molecule has 0 aromatic heterocycles. The van der Waals surface area contributed by atoms with E-state index < -0.39 is 0 Å². The van der Waals surface area contributed by atoms with Crippen molar-refractivity contribution in [2.75, 3.05) is 34.5 Å². The molecule has 4 heteroatoms. The summed E-state index contributed by atoms with van der Waals surface area (Å²) in [6, 6.07) is 7.05. The highest BCUT2D eigenvalue weighted by atomic mass is 16.7. The van der Waals surface area contributed by atoms with Crippen LogP contribution in [0.4, 0.5) is 0 Å². The van der Waals surface area contributed by atoms with Crippen LogP contribution >= 0.6 is 0 Å². The fraction of sp³-hybridized carbons (Fsp3) is 0.417. The van der Waals surface area contributed by atoms with Crippen LogP contribution in [0.5, 0.6) is 5.75 Å². The molecule has 0 aliphatic rings. The predicted octanol–water partition coefficient (Wildman–Crippen LogP) is 1.41. The monoisotopic (exact) mass is 223 g/mol. The minimum Gasteiger partial charge on any atom is -0.468 e. The maximum Gasteiger partial charge on any atom is 0.188 e.